The lowest BCUT2D eigenvalue weighted by Crippen LogP contribution is -2.47. The van der Waals surface area contributed by atoms with Crippen LogP contribution in [0.25, 0.3) is 0 Å². The van der Waals surface area contributed by atoms with E-state index in [1.54, 1.807) is 6.07 Å². The number of carbonyl (C=O) groups excluding carboxylic acids is 2. The van der Waals surface area contributed by atoms with Gasteiger partial charge in [0.15, 0.2) is 0 Å². The van der Waals surface area contributed by atoms with Crippen molar-refractivity contribution in [1.82, 2.24) is 5.32 Å². The van der Waals surface area contributed by atoms with Gasteiger partial charge in [-0.05, 0) is 30.5 Å². The average Bonchev–Trinajstić information content (AvgIpc) is 2.34. The summed E-state index contributed by atoms with van der Waals surface area (Å²) in [5.74, 6) is -1.05. The van der Waals surface area contributed by atoms with Crippen LogP contribution in [0, 0.1) is 5.82 Å². The summed E-state index contributed by atoms with van der Waals surface area (Å²) in [6.45, 7) is 1.95. The van der Waals surface area contributed by atoms with Crippen molar-refractivity contribution in [2.45, 2.75) is 32.2 Å². The van der Waals surface area contributed by atoms with Crippen molar-refractivity contribution >= 4 is 17.5 Å². The molecule has 1 aliphatic rings. The van der Waals surface area contributed by atoms with Crippen molar-refractivity contribution in [1.29, 1.82) is 0 Å². The third-order valence-electron chi connectivity index (χ3n) is 3.01. The van der Waals surface area contributed by atoms with Crippen LogP contribution < -0.4 is 10.6 Å². The summed E-state index contributed by atoms with van der Waals surface area (Å²) in [4.78, 5) is 22.5. The van der Waals surface area contributed by atoms with Crippen molar-refractivity contribution in [3.8, 4) is 0 Å². The first kappa shape index (κ1) is 12.5. The van der Waals surface area contributed by atoms with Gasteiger partial charge >= 0.3 is 0 Å². The largest absolute Gasteiger partial charge is 0.371 e. The number of nitrogens with one attached hydrogen (secondary N) is 2. The molecule has 2 rings (SSSR count). The molecule has 1 heterocycles. The van der Waals surface area contributed by atoms with E-state index in [4.69, 9.17) is 0 Å². The summed E-state index contributed by atoms with van der Waals surface area (Å²) in [5.41, 5.74) is 1.20. The Labute approximate surface area is 105 Å². The minimum atomic E-state index is -0.551. The Morgan fingerprint density at radius 2 is 2.22 bits per heavy atom. The van der Waals surface area contributed by atoms with Gasteiger partial charge in [0.2, 0.25) is 11.8 Å². The molecular formula is C13H15FN2O2. The van der Waals surface area contributed by atoms with Gasteiger partial charge < -0.3 is 5.32 Å². The van der Waals surface area contributed by atoms with Crippen LogP contribution in [0.5, 0.6) is 0 Å². The maximum atomic E-state index is 13.7. The van der Waals surface area contributed by atoms with Crippen LogP contribution in [-0.4, -0.2) is 17.9 Å². The summed E-state index contributed by atoms with van der Waals surface area (Å²) in [5, 5.41) is 5.06. The van der Waals surface area contributed by atoms with Crippen molar-refractivity contribution in [2.24, 2.45) is 0 Å². The topological polar surface area (TPSA) is 58.2 Å². The molecule has 1 saturated heterocycles. The number of hydrogen-bond acceptors (Lipinski definition) is 3. The second-order valence-corrected chi connectivity index (χ2v) is 4.32. The van der Waals surface area contributed by atoms with Gasteiger partial charge in [0.25, 0.3) is 0 Å². The molecule has 1 aliphatic heterocycles. The lowest BCUT2D eigenvalue weighted by atomic mass is 10.1. The first-order chi connectivity index (χ1) is 8.60. The predicted octanol–water partition coefficient (Wildman–Crippen LogP) is 1.61. The minimum Gasteiger partial charge on any atom is -0.371 e. The number of hydrogen-bond donors (Lipinski definition) is 2. The van der Waals surface area contributed by atoms with E-state index < -0.39 is 11.9 Å². The minimum absolute atomic E-state index is 0.276. The molecular weight excluding hydrogens is 235 g/mol. The number of halogens is 1. The molecule has 1 fully saturated rings. The summed E-state index contributed by atoms with van der Waals surface area (Å²) < 4.78 is 13.7. The molecule has 0 aliphatic carbocycles. The molecule has 2 amide bonds. The zero-order valence-electron chi connectivity index (χ0n) is 10.1. The molecule has 4 nitrogen and oxygen atoms in total. The Hall–Kier alpha value is -1.91. The zero-order valence-corrected chi connectivity index (χ0v) is 10.1. The van der Waals surface area contributed by atoms with Crippen LogP contribution in [-0.2, 0) is 16.0 Å². The van der Waals surface area contributed by atoms with Gasteiger partial charge in [-0.3, -0.25) is 14.9 Å². The molecule has 5 heteroatoms. The molecule has 1 atom stereocenters. The van der Waals surface area contributed by atoms with E-state index >= 15 is 0 Å². The van der Waals surface area contributed by atoms with E-state index in [9.17, 15) is 14.0 Å². The van der Waals surface area contributed by atoms with Gasteiger partial charge in [-0.1, -0.05) is 13.0 Å². The molecule has 0 bridgehead atoms. The van der Waals surface area contributed by atoms with Gasteiger partial charge in [0.05, 0.1) is 5.69 Å². The molecule has 0 radical (unpaired) electrons. The van der Waals surface area contributed by atoms with Gasteiger partial charge in [0.1, 0.15) is 11.9 Å². The van der Waals surface area contributed by atoms with Crippen LogP contribution in [0.15, 0.2) is 18.2 Å². The van der Waals surface area contributed by atoms with Gasteiger partial charge in [0, 0.05) is 6.42 Å². The molecule has 0 saturated carbocycles. The predicted molar refractivity (Wildman–Crippen MR) is 65.6 cm³/mol. The van der Waals surface area contributed by atoms with E-state index in [0.717, 1.165) is 12.0 Å². The van der Waals surface area contributed by atoms with Crippen molar-refractivity contribution in [2.75, 3.05) is 5.32 Å². The monoisotopic (exact) mass is 250 g/mol. The second-order valence-electron chi connectivity index (χ2n) is 4.32. The molecule has 1 unspecified atom stereocenters. The fraction of sp³-hybridized carbons (Fsp3) is 0.385. The van der Waals surface area contributed by atoms with E-state index in [1.165, 1.54) is 6.07 Å². The lowest BCUT2D eigenvalue weighted by Gasteiger charge is -2.23. The first-order valence-electron chi connectivity index (χ1n) is 5.99. The van der Waals surface area contributed by atoms with E-state index in [2.05, 4.69) is 10.6 Å². The number of piperidine rings is 1. The Balaban J connectivity index is 2.09. The number of aryl methyl sites for hydroxylation is 1. The van der Waals surface area contributed by atoms with Crippen molar-refractivity contribution in [3.05, 3.63) is 29.6 Å². The summed E-state index contributed by atoms with van der Waals surface area (Å²) in [6, 6.07) is 4.34. The average molecular weight is 250 g/mol. The number of anilines is 1. The maximum Gasteiger partial charge on any atom is 0.249 e. The number of carbonyl (C=O) groups is 2. The Kier molecular flexibility index (Phi) is 3.60. The third kappa shape index (κ3) is 2.67. The Bertz CT molecular complexity index is 488. The first-order valence-corrected chi connectivity index (χ1v) is 5.99. The van der Waals surface area contributed by atoms with E-state index in [0.29, 0.717) is 12.1 Å². The second kappa shape index (κ2) is 5.16. The fourth-order valence-electron chi connectivity index (χ4n) is 1.91. The highest BCUT2D eigenvalue weighted by atomic mass is 19.1. The maximum absolute atomic E-state index is 13.7. The molecule has 96 valence electrons. The zero-order chi connectivity index (χ0) is 13.1. The molecule has 1 aromatic rings. The van der Waals surface area contributed by atoms with Gasteiger partial charge in [-0.15, -0.1) is 0 Å². The van der Waals surface area contributed by atoms with Crippen LogP contribution in [0.4, 0.5) is 10.1 Å². The summed E-state index contributed by atoms with van der Waals surface area (Å²) in [7, 11) is 0. The van der Waals surface area contributed by atoms with Crippen LogP contribution in [0.2, 0.25) is 0 Å². The Morgan fingerprint density at radius 3 is 2.83 bits per heavy atom. The van der Waals surface area contributed by atoms with E-state index in [1.807, 2.05) is 13.0 Å². The normalized spacial score (nSPS) is 19.6. The molecule has 2 N–H and O–H groups in total. The van der Waals surface area contributed by atoms with Crippen LogP contribution in [0.1, 0.15) is 25.3 Å². The molecule has 18 heavy (non-hydrogen) atoms. The summed E-state index contributed by atoms with van der Waals surface area (Å²) in [6.07, 6.45) is 1.42. The quantitative estimate of drug-likeness (QED) is 0.801. The van der Waals surface area contributed by atoms with Gasteiger partial charge in [-0.25, -0.2) is 4.39 Å². The Morgan fingerprint density at radius 1 is 1.44 bits per heavy atom. The third-order valence-corrected chi connectivity index (χ3v) is 3.01. The highest BCUT2D eigenvalue weighted by Crippen LogP contribution is 2.19. The van der Waals surface area contributed by atoms with Gasteiger partial charge in [-0.2, -0.15) is 0 Å². The number of amides is 2. The van der Waals surface area contributed by atoms with E-state index in [-0.39, 0.29) is 18.1 Å². The molecule has 1 aromatic carbocycles. The van der Waals surface area contributed by atoms with Crippen molar-refractivity contribution < 1.29 is 14.0 Å². The molecule has 0 aromatic heterocycles. The number of imide groups is 1. The highest BCUT2D eigenvalue weighted by molar-refractivity contribution is 6.01. The van der Waals surface area contributed by atoms with Crippen LogP contribution >= 0.6 is 0 Å². The SMILES string of the molecule is CCc1ccc(NC2CCC(=O)NC2=O)c(F)c1. The summed E-state index contributed by atoms with van der Waals surface area (Å²) >= 11 is 0. The number of benzene rings is 1. The molecule has 0 spiro atoms. The van der Waals surface area contributed by atoms with Crippen molar-refractivity contribution in [3.63, 3.8) is 0 Å². The highest BCUT2D eigenvalue weighted by Gasteiger charge is 2.26. The smallest absolute Gasteiger partial charge is 0.249 e. The number of rotatable bonds is 3. The standard InChI is InChI=1S/C13H15FN2O2/c1-2-8-3-4-10(9(14)7-8)15-11-5-6-12(17)16-13(11)18/h3-4,7,11,15H,2,5-6H2,1H3,(H,16,17,18). The lowest BCUT2D eigenvalue weighted by molar-refractivity contribution is -0.133. The van der Waals surface area contributed by atoms with Crippen LogP contribution in [0.3, 0.4) is 0 Å². The fourth-order valence-corrected chi connectivity index (χ4v) is 1.91.